The SMILES string of the molecule is O=C1C(c2c(O)[nH]c3ccccc23)=Nc2ccccc21.O=C1[C@H]2C3CCCN3C3(c4ccccc4-n4c3nc3ccccc3c4=O)[C@H]2C(=O)N1c1ccc(Cl)c(Cl)c1. The summed E-state index contributed by atoms with van der Waals surface area (Å²) in [6, 6.07) is 34.3. The zero-order chi connectivity index (χ0) is 39.6. The van der Waals surface area contributed by atoms with Gasteiger partial charge in [-0.15, -0.1) is 0 Å². The Morgan fingerprint density at radius 2 is 1.53 bits per heavy atom. The van der Waals surface area contributed by atoms with Gasteiger partial charge in [0, 0.05) is 28.1 Å². The number of para-hydroxylation sites is 4. The summed E-state index contributed by atoms with van der Waals surface area (Å²) in [5.74, 6) is -1.52. The van der Waals surface area contributed by atoms with E-state index in [0.717, 1.165) is 29.3 Å². The number of aromatic nitrogens is 3. The quantitative estimate of drug-likeness (QED) is 0.171. The van der Waals surface area contributed by atoms with Crippen LogP contribution in [0.5, 0.6) is 5.88 Å². The van der Waals surface area contributed by atoms with Gasteiger partial charge >= 0.3 is 0 Å². The first-order valence-corrected chi connectivity index (χ1v) is 19.7. The molecule has 58 heavy (non-hydrogen) atoms. The van der Waals surface area contributed by atoms with Gasteiger partial charge in [-0.3, -0.25) is 28.6 Å². The Balaban J connectivity index is 0.000000162. The molecule has 0 radical (unpaired) electrons. The summed E-state index contributed by atoms with van der Waals surface area (Å²) in [5.41, 5.74) is 4.10. The van der Waals surface area contributed by atoms with E-state index >= 15 is 0 Å². The fourth-order valence-electron chi connectivity index (χ4n) is 10.1. The molecule has 5 aliphatic rings. The molecule has 4 atom stereocenters. The predicted octanol–water partition coefficient (Wildman–Crippen LogP) is 7.72. The zero-order valence-electron chi connectivity index (χ0n) is 30.4. The molecule has 5 aliphatic heterocycles. The number of ketones is 1. The molecule has 2 amide bonds. The molecule has 13 heteroatoms. The highest BCUT2D eigenvalue weighted by Gasteiger charge is 2.73. The number of nitrogens with zero attached hydrogens (tertiary/aromatic N) is 5. The summed E-state index contributed by atoms with van der Waals surface area (Å²) >= 11 is 12.4. The maximum atomic E-state index is 14.4. The van der Waals surface area contributed by atoms with Crippen LogP contribution in [0.3, 0.4) is 0 Å². The van der Waals surface area contributed by atoms with Gasteiger partial charge in [0.25, 0.3) is 5.56 Å². The summed E-state index contributed by atoms with van der Waals surface area (Å²) in [6.07, 6.45) is 1.68. The van der Waals surface area contributed by atoms with Crippen molar-refractivity contribution >= 4 is 79.7 Å². The van der Waals surface area contributed by atoms with Crippen LogP contribution in [0.15, 0.2) is 125 Å². The molecule has 5 aromatic carbocycles. The number of benzene rings is 5. The van der Waals surface area contributed by atoms with Crippen molar-refractivity contribution in [3.8, 4) is 11.6 Å². The molecule has 12 rings (SSSR count). The van der Waals surface area contributed by atoms with Gasteiger partial charge in [0.1, 0.15) is 17.1 Å². The van der Waals surface area contributed by atoms with Crippen LogP contribution in [0, 0.1) is 11.8 Å². The van der Waals surface area contributed by atoms with Gasteiger partial charge in [-0.25, -0.2) is 14.9 Å². The van der Waals surface area contributed by atoms with Crippen LogP contribution in [0.2, 0.25) is 10.0 Å². The number of amides is 2. The smallest absolute Gasteiger partial charge is 0.266 e. The number of aromatic hydroxyl groups is 1. The third-order valence-corrected chi connectivity index (χ3v) is 13.1. The molecule has 2 N–H and O–H groups in total. The predicted molar refractivity (Wildman–Crippen MR) is 221 cm³/mol. The zero-order valence-corrected chi connectivity index (χ0v) is 31.9. The van der Waals surface area contributed by atoms with Crippen molar-refractivity contribution < 1.29 is 19.5 Å². The van der Waals surface area contributed by atoms with Gasteiger partial charge in [-0.05, 0) is 74.0 Å². The highest BCUT2D eigenvalue weighted by atomic mass is 35.5. The van der Waals surface area contributed by atoms with Crippen molar-refractivity contribution in [2.75, 3.05) is 11.4 Å². The number of halogens is 2. The molecule has 7 heterocycles. The normalized spacial score (nSPS) is 22.6. The minimum Gasteiger partial charge on any atom is -0.494 e. The van der Waals surface area contributed by atoms with Gasteiger partial charge in [-0.2, -0.15) is 0 Å². The van der Waals surface area contributed by atoms with E-state index in [1.54, 1.807) is 41.0 Å². The lowest BCUT2D eigenvalue weighted by atomic mass is 9.75. The molecule has 2 aromatic heterocycles. The average Bonchev–Trinajstić information content (AvgIpc) is 4.06. The number of Topliss-reactive ketones (excluding diaryl/α,β-unsaturated/α-hetero) is 1. The first-order chi connectivity index (χ1) is 28.2. The minimum atomic E-state index is -1.04. The first kappa shape index (κ1) is 34.8. The van der Waals surface area contributed by atoms with Crippen molar-refractivity contribution in [3.63, 3.8) is 0 Å². The second kappa shape index (κ2) is 12.5. The van der Waals surface area contributed by atoms with E-state index in [2.05, 4.69) is 14.9 Å². The van der Waals surface area contributed by atoms with Gasteiger partial charge < -0.3 is 10.1 Å². The average molecular weight is 806 g/mol. The summed E-state index contributed by atoms with van der Waals surface area (Å²) in [7, 11) is 0. The number of imide groups is 1. The molecular formula is C45H30Cl2N6O5. The fraction of sp³-hybridized carbons (Fsp3) is 0.156. The first-order valence-electron chi connectivity index (χ1n) is 18.9. The number of hydrogen-bond acceptors (Lipinski definition) is 8. The Labute approximate surface area is 339 Å². The van der Waals surface area contributed by atoms with E-state index in [1.807, 2.05) is 78.9 Å². The van der Waals surface area contributed by atoms with E-state index in [-0.39, 0.29) is 40.1 Å². The number of nitrogens with one attached hydrogen (secondary N) is 1. The van der Waals surface area contributed by atoms with Crippen LogP contribution in [0.4, 0.5) is 11.4 Å². The van der Waals surface area contributed by atoms with E-state index in [0.29, 0.717) is 62.2 Å². The molecule has 3 fully saturated rings. The van der Waals surface area contributed by atoms with E-state index in [1.165, 1.54) is 4.90 Å². The van der Waals surface area contributed by atoms with Gasteiger partial charge in [-0.1, -0.05) is 83.9 Å². The number of H-pyrrole nitrogens is 1. The number of hydrogen-bond donors (Lipinski definition) is 2. The van der Waals surface area contributed by atoms with Gasteiger partial charge in [0.15, 0.2) is 5.88 Å². The van der Waals surface area contributed by atoms with Crippen LogP contribution < -0.4 is 10.5 Å². The maximum absolute atomic E-state index is 14.4. The molecule has 1 spiro atoms. The number of carbonyl (C=O) groups is 3. The van der Waals surface area contributed by atoms with E-state index in [4.69, 9.17) is 28.2 Å². The topological polar surface area (TPSA) is 141 Å². The molecule has 0 aliphatic carbocycles. The Hall–Kier alpha value is -6.40. The molecular weight excluding hydrogens is 775 g/mol. The molecule has 0 saturated carbocycles. The van der Waals surface area contributed by atoms with Gasteiger partial charge in [0.2, 0.25) is 17.6 Å². The van der Waals surface area contributed by atoms with Crippen molar-refractivity contribution in [3.05, 3.63) is 158 Å². The van der Waals surface area contributed by atoms with Crippen molar-refractivity contribution in [2.24, 2.45) is 16.8 Å². The van der Waals surface area contributed by atoms with Crippen molar-refractivity contribution in [1.82, 2.24) is 19.4 Å². The van der Waals surface area contributed by atoms with Crippen LogP contribution in [0.25, 0.3) is 27.5 Å². The summed E-state index contributed by atoms with van der Waals surface area (Å²) in [5, 5.41) is 12.0. The standard InChI is InChI=1S/C29H20Cl2N4O3.C16H10N2O2/c30-18-12-11-15(14-19(18)31)34-26(37)23-22-10-5-13-33(22)29(24(23)27(34)38)17-7-2-4-9-21(17)35-25(36)16-6-1-3-8-20(16)32-28(29)35;19-15-10-6-2-4-8-12(10)17-14(15)13-9-5-1-3-7-11(9)18-16(13)20/h1-4,6-9,11-12,14,22-24H,5,10,13H2;1-8,18,20H/t22?,23-,24+,29?;/m0./s1. The maximum Gasteiger partial charge on any atom is 0.266 e. The Kier molecular flexibility index (Phi) is 7.53. The highest BCUT2D eigenvalue weighted by Crippen LogP contribution is 2.62. The molecule has 2 unspecified atom stereocenters. The third kappa shape index (κ3) is 4.54. The lowest BCUT2D eigenvalue weighted by Gasteiger charge is -2.38. The number of aliphatic imine (C=N–C) groups is 1. The van der Waals surface area contributed by atoms with Crippen molar-refractivity contribution in [2.45, 2.75) is 24.4 Å². The molecule has 0 bridgehead atoms. The second-order valence-electron chi connectivity index (χ2n) is 15.1. The van der Waals surface area contributed by atoms with E-state index < -0.39 is 17.4 Å². The Morgan fingerprint density at radius 1 is 0.793 bits per heavy atom. The monoisotopic (exact) mass is 804 g/mol. The molecule has 11 nitrogen and oxygen atoms in total. The minimum absolute atomic E-state index is 0.0221. The fourth-order valence-corrected chi connectivity index (χ4v) is 10.4. The van der Waals surface area contributed by atoms with Crippen LogP contribution in [0.1, 0.15) is 40.2 Å². The van der Waals surface area contributed by atoms with Gasteiger partial charge in [0.05, 0.1) is 55.4 Å². The molecule has 3 saturated heterocycles. The lowest BCUT2D eigenvalue weighted by molar-refractivity contribution is -0.124. The lowest BCUT2D eigenvalue weighted by Crippen LogP contribution is -2.51. The number of aromatic amines is 1. The number of rotatable bonds is 2. The number of anilines is 1. The van der Waals surface area contributed by atoms with Crippen LogP contribution >= 0.6 is 23.2 Å². The highest BCUT2D eigenvalue weighted by molar-refractivity contribution is 6.56. The van der Waals surface area contributed by atoms with Crippen molar-refractivity contribution in [1.29, 1.82) is 0 Å². The van der Waals surface area contributed by atoms with Crippen LogP contribution in [-0.4, -0.2) is 60.4 Å². The Morgan fingerprint density at radius 3 is 2.36 bits per heavy atom. The summed E-state index contributed by atoms with van der Waals surface area (Å²) in [6.45, 7) is 0.710. The molecule has 7 aromatic rings. The Bertz CT molecular complexity index is 3080. The summed E-state index contributed by atoms with van der Waals surface area (Å²) < 4.78 is 1.66. The second-order valence-corrected chi connectivity index (χ2v) is 15.9. The summed E-state index contributed by atoms with van der Waals surface area (Å²) in [4.78, 5) is 70.8. The van der Waals surface area contributed by atoms with Crippen LogP contribution in [-0.2, 0) is 15.1 Å². The third-order valence-electron chi connectivity index (χ3n) is 12.3. The largest absolute Gasteiger partial charge is 0.494 e. The van der Waals surface area contributed by atoms with E-state index in [9.17, 15) is 24.3 Å². The number of carbonyl (C=O) groups excluding carboxylic acids is 3. The molecule has 284 valence electrons. The number of fused-ring (bicyclic) bond motifs is 13.